The first kappa shape index (κ1) is 19.1. The number of hydrogen-bond donors (Lipinski definition) is 2. The van der Waals surface area contributed by atoms with E-state index in [1.807, 2.05) is 30.3 Å². The maximum absolute atomic E-state index is 11.9. The van der Waals surface area contributed by atoms with Gasteiger partial charge in [0.05, 0.1) is 31.7 Å². The Bertz CT molecular complexity index is 948. The van der Waals surface area contributed by atoms with Crippen molar-refractivity contribution in [1.29, 1.82) is 0 Å². The van der Waals surface area contributed by atoms with Crippen molar-refractivity contribution in [2.75, 3.05) is 31.4 Å². The molecule has 0 atom stereocenters. The van der Waals surface area contributed by atoms with Crippen molar-refractivity contribution in [2.24, 2.45) is 0 Å². The van der Waals surface area contributed by atoms with Gasteiger partial charge < -0.3 is 20.1 Å². The molecule has 0 aliphatic rings. The zero-order valence-electron chi connectivity index (χ0n) is 15.7. The van der Waals surface area contributed by atoms with E-state index in [-0.39, 0.29) is 0 Å². The summed E-state index contributed by atoms with van der Waals surface area (Å²) >= 11 is 0. The summed E-state index contributed by atoms with van der Waals surface area (Å²) in [7, 11) is 2.99. The summed E-state index contributed by atoms with van der Waals surface area (Å²) in [5.41, 5.74) is 2.13. The lowest BCUT2D eigenvalue weighted by atomic mass is 10.1. The minimum absolute atomic E-state index is 0.392. The maximum Gasteiger partial charge on any atom is 0.339 e. The average Bonchev–Trinajstić information content (AvgIpc) is 2.74. The van der Waals surface area contributed by atoms with Crippen LogP contribution in [0, 0.1) is 0 Å². The van der Waals surface area contributed by atoms with Crippen molar-refractivity contribution in [2.45, 2.75) is 6.42 Å². The molecule has 0 unspecified atom stereocenters. The standard InChI is InChI=1S/C20H21N5O3/c1-27-15-7-5-6-14(12-15)10-11-21-20-24-18(13-22-25-20)23-17-9-4-3-8-16(17)19(26)28-2/h3-9,12-13H,10-11H2,1-2H3,(H2,21,23,24,25). The second-order valence-electron chi connectivity index (χ2n) is 5.86. The van der Waals surface area contributed by atoms with Crippen LogP contribution in [-0.4, -0.2) is 41.9 Å². The molecule has 0 saturated carbocycles. The Hall–Kier alpha value is -3.68. The molecule has 0 amide bonds. The van der Waals surface area contributed by atoms with E-state index in [1.54, 1.807) is 25.3 Å². The molecule has 1 aromatic heterocycles. The van der Waals surface area contributed by atoms with E-state index in [4.69, 9.17) is 9.47 Å². The molecular weight excluding hydrogens is 358 g/mol. The topological polar surface area (TPSA) is 98.3 Å². The first-order chi connectivity index (χ1) is 13.7. The van der Waals surface area contributed by atoms with Gasteiger partial charge in [0.2, 0.25) is 5.95 Å². The smallest absolute Gasteiger partial charge is 0.339 e. The first-order valence-corrected chi connectivity index (χ1v) is 8.70. The summed E-state index contributed by atoms with van der Waals surface area (Å²) < 4.78 is 10.0. The fraction of sp³-hybridized carbons (Fsp3) is 0.200. The maximum atomic E-state index is 11.9. The SMILES string of the molecule is COC(=O)c1ccccc1Nc1cnnc(NCCc2cccc(OC)c2)n1. The van der Waals surface area contributed by atoms with Crippen LogP contribution in [-0.2, 0) is 11.2 Å². The predicted octanol–water partition coefficient (Wildman–Crippen LogP) is 3.07. The average molecular weight is 379 g/mol. The third-order valence-electron chi connectivity index (χ3n) is 3.98. The molecule has 0 aliphatic carbocycles. The lowest BCUT2D eigenvalue weighted by Crippen LogP contribution is -2.10. The lowest BCUT2D eigenvalue weighted by Gasteiger charge is -2.10. The summed E-state index contributed by atoms with van der Waals surface area (Å²) in [6, 6.07) is 14.9. The number of hydrogen-bond acceptors (Lipinski definition) is 8. The number of methoxy groups -OCH3 is 2. The van der Waals surface area contributed by atoms with E-state index in [0.717, 1.165) is 17.7 Å². The van der Waals surface area contributed by atoms with E-state index in [1.165, 1.54) is 13.3 Å². The molecule has 2 N–H and O–H groups in total. The van der Waals surface area contributed by atoms with E-state index in [9.17, 15) is 4.79 Å². The highest BCUT2D eigenvalue weighted by molar-refractivity contribution is 5.96. The largest absolute Gasteiger partial charge is 0.497 e. The molecule has 0 bridgehead atoms. The molecule has 144 valence electrons. The molecule has 0 aliphatic heterocycles. The number of para-hydroxylation sites is 1. The van der Waals surface area contributed by atoms with Crippen LogP contribution in [0.2, 0.25) is 0 Å². The molecule has 0 radical (unpaired) electrons. The Kier molecular flexibility index (Phi) is 6.35. The van der Waals surface area contributed by atoms with Crippen molar-refractivity contribution < 1.29 is 14.3 Å². The van der Waals surface area contributed by atoms with Crippen LogP contribution in [0.5, 0.6) is 5.75 Å². The molecule has 0 saturated heterocycles. The summed E-state index contributed by atoms with van der Waals surface area (Å²) in [4.78, 5) is 16.3. The monoisotopic (exact) mass is 379 g/mol. The van der Waals surface area contributed by atoms with Crippen LogP contribution in [0.25, 0.3) is 0 Å². The van der Waals surface area contributed by atoms with Gasteiger partial charge in [-0.05, 0) is 36.2 Å². The fourth-order valence-electron chi connectivity index (χ4n) is 2.60. The van der Waals surface area contributed by atoms with Gasteiger partial charge in [0, 0.05) is 6.54 Å². The van der Waals surface area contributed by atoms with Gasteiger partial charge in [0.1, 0.15) is 5.75 Å². The molecule has 8 heteroatoms. The van der Waals surface area contributed by atoms with Crippen LogP contribution >= 0.6 is 0 Å². The molecule has 0 spiro atoms. The molecule has 8 nitrogen and oxygen atoms in total. The van der Waals surface area contributed by atoms with Crippen LogP contribution in [0.3, 0.4) is 0 Å². The van der Waals surface area contributed by atoms with Gasteiger partial charge in [-0.1, -0.05) is 24.3 Å². The third kappa shape index (κ3) is 4.94. The minimum atomic E-state index is -0.429. The zero-order valence-corrected chi connectivity index (χ0v) is 15.7. The highest BCUT2D eigenvalue weighted by Gasteiger charge is 2.12. The fourth-order valence-corrected chi connectivity index (χ4v) is 2.60. The van der Waals surface area contributed by atoms with E-state index in [0.29, 0.717) is 29.6 Å². The number of carbonyl (C=O) groups excluding carboxylic acids is 1. The second-order valence-corrected chi connectivity index (χ2v) is 5.86. The van der Waals surface area contributed by atoms with Crippen molar-refractivity contribution in [1.82, 2.24) is 15.2 Å². The molecule has 0 fully saturated rings. The summed E-state index contributed by atoms with van der Waals surface area (Å²) in [6.45, 7) is 0.636. The van der Waals surface area contributed by atoms with Gasteiger partial charge in [-0.2, -0.15) is 10.1 Å². The van der Waals surface area contributed by atoms with Gasteiger partial charge in [0.15, 0.2) is 5.82 Å². The van der Waals surface area contributed by atoms with E-state index >= 15 is 0 Å². The molecule has 28 heavy (non-hydrogen) atoms. The summed E-state index contributed by atoms with van der Waals surface area (Å²) in [6.07, 6.45) is 2.27. The number of ether oxygens (including phenoxy) is 2. The highest BCUT2D eigenvalue weighted by Crippen LogP contribution is 2.20. The number of nitrogens with one attached hydrogen (secondary N) is 2. The van der Waals surface area contributed by atoms with Crippen LogP contribution < -0.4 is 15.4 Å². The van der Waals surface area contributed by atoms with Gasteiger partial charge in [-0.15, -0.1) is 5.10 Å². The van der Waals surface area contributed by atoms with E-state index in [2.05, 4.69) is 25.8 Å². The Morgan fingerprint density at radius 2 is 1.96 bits per heavy atom. The summed E-state index contributed by atoms with van der Waals surface area (Å²) in [5, 5.41) is 14.2. The normalized spacial score (nSPS) is 10.2. The van der Waals surface area contributed by atoms with Crippen LogP contribution in [0.15, 0.2) is 54.7 Å². The van der Waals surface area contributed by atoms with Gasteiger partial charge in [0.25, 0.3) is 0 Å². The number of rotatable bonds is 8. The molecule has 3 aromatic rings. The number of esters is 1. The Morgan fingerprint density at radius 3 is 2.79 bits per heavy atom. The third-order valence-corrected chi connectivity index (χ3v) is 3.98. The highest BCUT2D eigenvalue weighted by atomic mass is 16.5. The molecule has 3 rings (SSSR count). The van der Waals surface area contributed by atoms with Crippen LogP contribution in [0.4, 0.5) is 17.5 Å². The minimum Gasteiger partial charge on any atom is -0.497 e. The van der Waals surface area contributed by atoms with Gasteiger partial charge in [-0.3, -0.25) is 0 Å². The molecular formula is C20H21N5O3. The zero-order chi connectivity index (χ0) is 19.8. The van der Waals surface area contributed by atoms with Crippen molar-refractivity contribution in [3.8, 4) is 5.75 Å². The van der Waals surface area contributed by atoms with Crippen molar-refractivity contribution >= 4 is 23.4 Å². The Labute approximate surface area is 162 Å². The van der Waals surface area contributed by atoms with Crippen molar-refractivity contribution in [3.05, 3.63) is 65.9 Å². The van der Waals surface area contributed by atoms with E-state index < -0.39 is 5.97 Å². The number of carbonyl (C=O) groups is 1. The number of benzene rings is 2. The predicted molar refractivity (Wildman–Crippen MR) is 106 cm³/mol. The van der Waals surface area contributed by atoms with Gasteiger partial charge in [-0.25, -0.2) is 4.79 Å². The summed E-state index contributed by atoms with van der Waals surface area (Å²) in [5.74, 6) is 1.26. The van der Waals surface area contributed by atoms with Crippen LogP contribution in [0.1, 0.15) is 15.9 Å². The number of anilines is 3. The first-order valence-electron chi connectivity index (χ1n) is 8.70. The Balaban J connectivity index is 1.64. The second kappa shape index (κ2) is 9.31. The Morgan fingerprint density at radius 1 is 1.11 bits per heavy atom. The van der Waals surface area contributed by atoms with Gasteiger partial charge >= 0.3 is 5.97 Å². The lowest BCUT2D eigenvalue weighted by molar-refractivity contribution is 0.0602. The molecule has 1 heterocycles. The number of nitrogens with zero attached hydrogens (tertiary/aromatic N) is 3. The molecule has 2 aromatic carbocycles. The number of aromatic nitrogens is 3. The van der Waals surface area contributed by atoms with Crippen molar-refractivity contribution in [3.63, 3.8) is 0 Å². The quantitative estimate of drug-likeness (QED) is 0.576.